The number of rotatable bonds is 5. The highest BCUT2D eigenvalue weighted by atomic mass is 32.1. The Morgan fingerprint density at radius 1 is 1.12 bits per heavy atom. The van der Waals surface area contributed by atoms with Gasteiger partial charge in [-0.25, -0.2) is 9.37 Å². The van der Waals surface area contributed by atoms with Crippen LogP contribution < -0.4 is 5.32 Å². The lowest BCUT2D eigenvalue weighted by atomic mass is 9.99. The summed E-state index contributed by atoms with van der Waals surface area (Å²) in [5, 5.41) is 3.83. The molecular weight excluding hydrogens is 366 g/mol. The third-order valence-electron chi connectivity index (χ3n) is 3.65. The first-order valence-electron chi connectivity index (χ1n) is 7.92. The lowest BCUT2D eigenvalue weighted by Crippen LogP contribution is -2.08. The Morgan fingerprint density at radius 2 is 1.92 bits per heavy atom. The van der Waals surface area contributed by atoms with Crippen LogP contribution in [0, 0.1) is 5.82 Å². The monoisotopic (exact) mass is 381 g/mol. The maximum absolute atomic E-state index is 13.4. The van der Waals surface area contributed by atoms with Gasteiger partial charge in [-0.1, -0.05) is 18.3 Å². The van der Waals surface area contributed by atoms with E-state index >= 15 is 0 Å². The average Bonchev–Trinajstić information content (AvgIpc) is 3.08. The van der Waals surface area contributed by atoms with Crippen molar-refractivity contribution in [3.05, 3.63) is 54.1 Å². The number of hydrogen-bond donors (Lipinski definition) is 1. The first-order valence-corrected chi connectivity index (χ1v) is 8.74. The Balaban J connectivity index is 2.10. The van der Waals surface area contributed by atoms with E-state index in [4.69, 9.17) is 0 Å². The number of thiazole rings is 1. The predicted octanol–water partition coefficient (Wildman–Crippen LogP) is 5.85. The fourth-order valence-corrected chi connectivity index (χ4v) is 3.36. The van der Waals surface area contributed by atoms with Gasteiger partial charge < -0.3 is 5.32 Å². The van der Waals surface area contributed by atoms with Crippen molar-refractivity contribution in [1.29, 1.82) is 0 Å². The number of anilines is 1. The number of benzene rings is 1. The second-order valence-corrected chi connectivity index (χ2v) is 6.57. The molecule has 0 aliphatic heterocycles. The molecule has 0 radical (unpaired) electrons. The van der Waals surface area contributed by atoms with Crippen molar-refractivity contribution in [2.24, 2.45) is 0 Å². The van der Waals surface area contributed by atoms with Crippen LogP contribution in [0.3, 0.4) is 0 Å². The van der Waals surface area contributed by atoms with Crippen molar-refractivity contribution in [2.75, 3.05) is 11.9 Å². The molecule has 0 amide bonds. The van der Waals surface area contributed by atoms with Crippen LogP contribution in [0.15, 0.2) is 42.7 Å². The van der Waals surface area contributed by atoms with Gasteiger partial charge in [0.15, 0.2) is 5.13 Å². The molecule has 3 rings (SSSR count). The molecule has 1 N–H and O–H groups in total. The van der Waals surface area contributed by atoms with E-state index in [-0.39, 0.29) is 11.3 Å². The Kier molecular flexibility index (Phi) is 5.22. The molecule has 136 valence electrons. The molecule has 2 heterocycles. The first kappa shape index (κ1) is 18.3. The predicted molar refractivity (Wildman–Crippen MR) is 94.5 cm³/mol. The molecule has 0 bridgehead atoms. The standard InChI is InChI=1S/C18H15F4N3S/c1-2-7-24-17-25-10-15(26-17)13-4-3-8-23-16(13)12-6-5-11(19)9-14(12)18(20,21)22/h3-6,8-10H,2,7H2,1H3,(H,24,25). The molecule has 0 aliphatic carbocycles. The molecular formula is C18H15F4N3S. The lowest BCUT2D eigenvalue weighted by Gasteiger charge is -2.14. The fraction of sp³-hybridized carbons (Fsp3) is 0.222. The molecule has 8 heteroatoms. The summed E-state index contributed by atoms with van der Waals surface area (Å²) < 4.78 is 53.5. The summed E-state index contributed by atoms with van der Waals surface area (Å²) in [4.78, 5) is 9.07. The SMILES string of the molecule is CCCNc1ncc(-c2cccnc2-c2ccc(F)cc2C(F)(F)F)s1. The number of aromatic nitrogens is 2. The van der Waals surface area contributed by atoms with Crippen molar-refractivity contribution in [3.8, 4) is 21.7 Å². The van der Waals surface area contributed by atoms with Crippen molar-refractivity contribution < 1.29 is 17.6 Å². The van der Waals surface area contributed by atoms with Crippen molar-refractivity contribution in [1.82, 2.24) is 9.97 Å². The minimum absolute atomic E-state index is 0.144. The zero-order chi connectivity index (χ0) is 18.7. The van der Waals surface area contributed by atoms with E-state index in [0.29, 0.717) is 21.6 Å². The second-order valence-electron chi connectivity index (χ2n) is 5.54. The zero-order valence-corrected chi connectivity index (χ0v) is 14.6. The summed E-state index contributed by atoms with van der Waals surface area (Å²) in [5.74, 6) is -0.942. The number of nitrogens with one attached hydrogen (secondary N) is 1. The molecule has 1 aromatic carbocycles. The van der Waals surface area contributed by atoms with Crippen LogP contribution in [0.1, 0.15) is 18.9 Å². The molecule has 0 unspecified atom stereocenters. The zero-order valence-electron chi connectivity index (χ0n) is 13.8. The second kappa shape index (κ2) is 7.41. The van der Waals surface area contributed by atoms with Gasteiger partial charge in [0.05, 0.1) is 16.1 Å². The number of nitrogens with zero attached hydrogens (tertiary/aromatic N) is 2. The Hall–Kier alpha value is -2.48. The Labute approximate surface area is 151 Å². The van der Waals surface area contributed by atoms with Gasteiger partial charge in [-0.15, -0.1) is 0 Å². The van der Waals surface area contributed by atoms with Crippen LogP contribution in [0.2, 0.25) is 0 Å². The van der Waals surface area contributed by atoms with Crippen LogP contribution in [0.5, 0.6) is 0 Å². The molecule has 0 spiro atoms. The minimum atomic E-state index is -4.69. The third-order valence-corrected chi connectivity index (χ3v) is 4.64. The highest BCUT2D eigenvalue weighted by molar-refractivity contribution is 7.18. The minimum Gasteiger partial charge on any atom is -0.362 e. The van der Waals surface area contributed by atoms with Crippen LogP contribution >= 0.6 is 11.3 Å². The van der Waals surface area contributed by atoms with Gasteiger partial charge in [-0.3, -0.25) is 4.98 Å². The van der Waals surface area contributed by atoms with E-state index in [0.717, 1.165) is 25.1 Å². The largest absolute Gasteiger partial charge is 0.417 e. The van der Waals surface area contributed by atoms with Gasteiger partial charge in [-0.2, -0.15) is 13.2 Å². The highest BCUT2D eigenvalue weighted by Gasteiger charge is 2.35. The van der Waals surface area contributed by atoms with Gasteiger partial charge in [0.2, 0.25) is 0 Å². The van der Waals surface area contributed by atoms with Crippen molar-refractivity contribution >= 4 is 16.5 Å². The molecule has 3 nitrogen and oxygen atoms in total. The maximum Gasteiger partial charge on any atom is 0.417 e. The van der Waals surface area contributed by atoms with Gasteiger partial charge in [-0.05, 0) is 36.8 Å². The van der Waals surface area contributed by atoms with Gasteiger partial charge in [0.25, 0.3) is 0 Å². The molecule has 0 saturated heterocycles. The van der Waals surface area contributed by atoms with Crippen LogP contribution in [0.4, 0.5) is 22.7 Å². The quantitative estimate of drug-likeness (QED) is 0.563. The van der Waals surface area contributed by atoms with Gasteiger partial charge >= 0.3 is 6.18 Å². The van der Waals surface area contributed by atoms with E-state index < -0.39 is 17.6 Å². The lowest BCUT2D eigenvalue weighted by molar-refractivity contribution is -0.137. The third kappa shape index (κ3) is 3.85. The van der Waals surface area contributed by atoms with E-state index in [2.05, 4.69) is 15.3 Å². The van der Waals surface area contributed by atoms with E-state index in [1.165, 1.54) is 17.5 Å². The smallest absolute Gasteiger partial charge is 0.362 e. The van der Waals surface area contributed by atoms with Crippen LogP contribution in [-0.2, 0) is 6.18 Å². The van der Waals surface area contributed by atoms with Crippen molar-refractivity contribution in [2.45, 2.75) is 19.5 Å². The van der Waals surface area contributed by atoms with Gasteiger partial charge in [0, 0.05) is 30.1 Å². The van der Waals surface area contributed by atoms with E-state index in [9.17, 15) is 17.6 Å². The molecule has 26 heavy (non-hydrogen) atoms. The number of pyridine rings is 1. The van der Waals surface area contributed by atoms with Crippen molar-refractivity contribution in [3.63, 3.8) is 0 Å². The Morgan fingerprint density at radius 3 is 2.65 bits per heavy atom. The Bertz CT molecular complexity index is 905. The summed E-state index contributed by atoms with van der Waals surface area (Å²) in [6.07, 6.45) is -0.745. The van der Waals surface area contributed by atoms with E-state index in [1.54, 1.807) is 18.3 Å². The van der Waals surface area contributed by atoms with Crippen LogP contribution in [0.25, 0.3) is 21.7 Å². The molecule has 0 fully saturated rings. The normalized spacial score (nSPS) is 11.6. The summed E-state index contributed by atoms with van der Waals surface area (Å²) in [5.41, 5.74) is -0.547. The van der Waals surface area contributed by atoms with E-state index in [1.807, 2.05) is 6.92 Å². The number of alkyl halides is 3. The number of hydrogen-bond acceptors (Lipinski definition) is 4. The topological polar surface area (TPSA) is 37.8 Å². The summed E-state index contributed by atoms with van der Waals surface area (Å²) in [6.45, 7) is 2.77. The number of halogens is 4. The maximum atomic E-state index is 13.4. The molecule has 2 aromatic heterocycles. The summed E-state index contributed by atoms with van der Waals surface area (Å²) in [6, 6.07) is 5.94. The fourth-order valence-electron chi connectivity index (χ4n) is 2.49. The molecule has 3 aromatic rings. The first-order chi connectivity index (χ1) is 12.4. The molecule has 0 atom stereocenters. The average molecular weight is 381 g/mol. The molecule has 0 aliphatic rings. The summed E-state index contributed by atoms with van der Waals surface area (Å²) in [7, 11) is 0. The van der Waals surface area contributed by atoms with Crippen LogP contribution in [-0.4, -0.2) is 16.5 Å². The highest BCUT2D eigenvalue weighted by Crippen LogP contribution is 2.41. The summed E-state index contributed by atoms with van der Waals surface area (Å²) >= 11 is 1.33. The van der Waals surface area contributed by atoms with Gasteiger partial charge in [0.1, 0.15) is 5.82 Å². The molecule has 0 saturated carbocycles.